The molecule has 4 nitrogen and oxygen atoms in total. The minimum absolute atomic E-state index is 0.0817. The van der Waals surface area contributed by atoms with Crippen LogP contribution in [0.25, 0.3) is 21.9 Å². The van der Waals surface area contributed by atoms with Gasteiger partial charge in [-0.3, -0.25) is 0 Å². The van der Waals surface area contributed by atoms with Crippen molar-refractivity contribution in [3.05, 3.63) is 36.5 Å². The molecule has 0 fully saturated rings. The Morgan fingerprint density at radius 2 is 2.00 bits per heavy atom. The summed E-state index contributed by atoms with van der Waals surface area (Å²) >= 11 is 0. The number of aromatic amines is 1. The van der Waals surface area contributed by atoms with Crippen LogP contribution in [0.1, 0.15) is 0 Å². The first kappa shape index (κ1) is 10.6. The number of nitrogens with one attached hydrogen (secondary N) is 1. The van der Waals surface area contributed by atoms with Gasteiger partial charge in [-0.1, -0.05) is 6.07 Å². The molecule has 0 bridgehead atoms. The molecule has 0 unspecified atom stereocenters. The predicted molar refractivity (Wildman–Crippen MR) is 66.6 cm³/mol. The third-order valence-electron chi connectivity index (χ3n) is 2.62. The zero-order chi connectivity index (χ0) is 12.0. The number of H-pyrrole nitrogens is 1. The van der Waals surface area contributed by atoms with Crippen LogP contribution < -0.4 is 0 Å². The lowest BCUT2D eigenvalue weighted by molar-refractivity contribution is 0.609. The van der Waals surface area contributed by atoms with E-state index in [0.717, 1.165) is 16.4 Å². The SMILES string of the molecule is O=S(=O)(Cl)c1ccc2c(c1)[nH]c1ncccc12. The molecule has 0 spiro atoms. The van der Waals surface area contributed by atoms with Crippen LogP contribution in [-0.4, -0.2) is 18.4 Å². The van der Waals surface area contributed by atoms with Crippen molar-refractivity contribution in [2.45, 2.75) is 4.90 Å². The first-order chi connectivity index (χ1) is 8.05. The van der Waals surface area contributed by atoms with Gasteiger partial charge in [-0.2, -0.15) is 0 Å². The van der Waals surface area contributed by atoms with Crippen molar-refractivity contribution in [2.24, 2.45) is 0 Å². The van der Waals surface area contributed by atoms with Gasteiger partial charge in [0.2, 0.25) is 0 Å². The molecule has 0 aliphatic heterocycles. The number of hydrogen-bond donors (Lipinski definition) is 1. The first-order valence-corrected chi connectivity index (χ1v) is 7.18. The highest BCUT2D eigenvalue weighted by Gasteiger charge is 2.12. The maximum atomic E-state index is 11.2. The minimum atomic E-state index is -3.70. The van der Waals surface area contributed by atoms with Crippen LogP contribution in [-0.2, 0) is 9.05 Å². The average molecular weight is 267 g/mol. The Balaban J connectivity index is 2.42. The second-order valence-electron chi connectivity index (χ2n) is 3.67. The number of pyridine rings is 1. The molecule has 0 atom stereocenters. The van der Waals surface area contributed by atoms with Gasteiger partial charge in [0.05, 0.1) is 4.90 Å². The lowest BCUT2D eigenvalue weighted by Gasteiger charge is -1.95. The largest absolute Gasteiger partial charge is 0.339 e. The van der Waals surface area contributed by atoms with Crippen molar-refractivity contribution in [3.8, 4) is 0 Å². The van der Waals surface area contributed by atoms with E-state index < -0.39 is 9.05 Å². The summed E-state index contributed by atoms with van der Waals surface area (Å²) in [4.78, 5) is 7.31. The standard InChI is InChI=1S/C11H7ClN2O2S/c12-17(15,16)7-3-4-8-9-2-1-5-13-11(9)14-10(8)6-7/h1-6H,(H,13,14). The Bertz CT molecular complexity index is 824. The van der Waals surface area contributed by atoms with Crippen molar-refractivity contribution in [2.75, 3.05) is 0 Å². The van der Waals surface area contributed by atoms with Gasteiger partial charge in [0.25, 0.3) is 9.05 Å². The van der Waals surface area contributed by atoms with E-state index in [4.69, 9.17) is 10.7 Å². The van der Waals surface area contributed by atoms with Crippen molar-refractivity contribution < 1.29 is 8.42 Å². The molecule has 1 aromatic carbocycles. The smallest absolute Gasteiger partial charge is 0.261 e. The molecule has 1 N–H and O–H groups in total. The van der Waals surface area contributed by atoms with Crippen molar-refractivity contribution in [1.82, 2.24) is 9.97 Å². The number of halogens is 1. The molecule has 2 heterocycles. The lowest BCUT2D eigenvalue weighted by atomic mass is 10.2. The zero-order valence-electron chi connectivity index (χ0n) is 8.51. The lowest BCUT2D eigenvalue weighted by Crippen LogP contribution is -1.89. The molecule has 0 radical (unpaired) electrons. The van der Waals surface area contributed by atoms with E-state index in [-0.39, 0.29) is 4.90 Å². The highest BCUT2D eigenvalue weighted by atomic mass is 35.7. The number of benzene rings is 1. The van der Waals surface area contributed by atoms with Gasteiger partial charge < -0.3 is 4.98 Å². The number of nitrogens with zero attached hydrogens (tertiary/aromatic N) is 1. The molecule has 0 aliphatic rings. The van der Waals surface area contributed by atoms with Gasteiger partial charge in [0, 0.05) is 33.2 Å². The summed E-state index contributed by atoms with van der Waals surface area (Å²) in [7, 11) is 1.60. The topological polar surface area (TPSA) is 62.8 Å². The molecule has 0 saturated heterocycles. The molecular weight excluding hydrogens is 260 g/mol. The first-order valence-electron chi connectivity index (χ1n) is 4.87. The monoisotopic (exact) mass is 266 g/mol. The Morgan fingerprint density at radius 3 is 2.76 bits per heavy atom. The van der Waals surface area contributed by atoms with Crippen LogP contribution in [0.2, 0.25) is 0 Å². The van der Waals surface area contributed by atoms with Gasteiger partial charge in [-0.15, -0.1) is 0 Å². The third kappa shape index (κ3) is 1.67. The van der Waals surface area contributed by atoms with E-state index in [1.54, 1.807) is 12.3 Å². The predicted octanol–water partition coefficient (Wildman–Crippen LogP) is 2.64. The summed E-state index contributed by atoms with van der Waals surface area (Å²) < 4.78 is 22.5. The molecule has 6 heteroatoms. The van der Waals surface area contributed by atoms with Crippen molar-refractivity contribution in [3.63, 3.8) is 0 Å². The summed E-state index contributed by atoms with van der Waals surface area (Å²) in [6.45, 7) is 0. The molecule has 2 aromatic heterocycles. The van der Waals surface area contributed by atoms with Gasteiger partial charge >= 0.3 is 0 Å². The fourth-order valence-corrected chi connectivity index (χ4v) is 2.64. The number of fused-ring (bicyclic) bond motifs is 3. The van der Waals surface area contributed by atoms with E-state index in [0.29, 0.717) is 5.52 Å². The van der Waals surface area contributed by atoms with Gasteiger partial charge in [0.1, 0.15) is 5.65 Å². The Kier molecular flexibility index (Phi) is 2.14. The second kappa shape index (κ2) is 3.45. The average Bonchev–Trinajstić information content (AvgIpc) is 2.65. The summed E-state index contributed by atoms with van der Waals surface area (Å²) in [6.07, 6.45) is 1.68. The Morgan fingerprint density at radius 1 is 1.18 bits per heavy atom. The van der Waals surface area contributed by atoms with Crippen LogP contribution in [0.3, 0.4) is 0 Å². The Hall–Kier alpha value is -1.59. The maximum absolute atomic E-state index is 11.2. The van der Waals surface area contributed by atoms with E-state index >= 15 is 0 Å². The van der Waals surface area contributed by atoms with E-state index in [1.807, 2.05) is 12.1 Å². The molecular formula is C11H7ClN2O2S. The van der Waals surface area contributed by atoms with Crippen LogP contribution in [0.15, 0.2) is 41.4 Å². The highest BCUT2D eigenvalue weighted by Crippen LogP contribution is 2.27. The van der Waals surface area contributed by atoms with Crippen LogP contribution in [0.5, 0.6) is 0 Å². The van der Waals surface area contributed by atoms with Crippen molar-refractivity contribution in [1.29, 1.82) is 0 Å². The van der Waals surface area contributed by atoms with Crippen LogP contribution >= 0.6 is 10.7 Å². The molecule has 0 saturated carbocycles. The summed E-state index contributed by atoms with van der Waals surface area (Å²) in [5, 5.41) is 1.89. The van der Waals surface area contributed by atoms with Gasteiger partial charge in [-0.25, -0.2) is 13.4 Å². The number of rotatable bonds is 1. The fourth-order valence-electron chi connectivity index (χ4n) is 1.86. The molecule has 17 heavy (non-hydrogen) atoms. The maximum Gasteiger partial charge on any atom is 0.261 e. The van der Waals surface area contributed by atoms with Crippen LogP contribution in [0, 0.1) is 0 Å². The zero-order valence-corrected chi connectivity index (χ0v) is 10.1. The summed E-state index contributed by atoms with van der Waals surface area (Å²) in [6, 6.07) is 8.49. The second-order valence-corrected chi connectivity index (χ2v) is 6.24. The molecule has 3 aromatic rings. The van der Waals surface area contributed by atoms with E-state index in [2.05, 4.69) is 9.97 Å². The molecule has 86 valence electrons. The molecule has 3 rings (SSSR count). The Labute approximate surface area is 102 Å². The molecule has 0 amide bonds. The highest BCUT2D eigenvalue weighted by molar-refractivity contribution is 8.13. The summed E-state index contributed by atoms with van der Waals surface area (Å²) in [5.74, 6) is 0. The fraction of sp³-hybridized carbons (Fsp3) is 0. The quantitative estimate of drug-likeness (QED) is 0.689. The van der Waals surface area contributed by atoms with E-state index in [9.17, 15) is 8.42 Å². The summed E-state index contributed by atoms with van der Waals surface area (Å²) in [5.41, 5.74) is 1.44. The third-order valence-corrected chi connectivity index (χ3v) is 3.98. The van der Waals surface area contributed by atoms with Crippen LogP contribution in [0.4, 0.5) is 0 Å². The van der Waals surface area contributed by atoms with Gasteiger partial charge in [-0.05, 0) is 24.3 Å². The van der Waals surface area contributed by atoms with Gasteiger partial charge in [0.15, 0.2) is 0 Å². The molecule has 0 aliphatic carbocycles. The normalized spacial score (nSPS) is 12.3. The number of aromatic nitrogens is 2. The minimum Gasteiger partial charge on any atom is -0.339 e. The number of hydrogen-bond acceptors (Lipinski definition) is 3. The van der Waals surface area contributed by atoms with Crippen molar-refractivity contribution >= 4 is 41.7 Å². The van der Waals surface area contributed by atoms with E-state index in [1.165, 1.54) is 12.1 Å².